The monoisotopic (exact) mass is 397 g/mol. The molecule has 1 saturated heterocycles. The highest BCUT2D eigenvalue weighted by Gasteiger charge is 2.79. The molecule has 2 aromatic heterocycles. The Morgan fingerprint density at radius 1 is 1.30 bits per heavy atom. The van der Waals surface area contributed by atoms with Gasteiger partial charge in [0.25, 0.3) is 6.57 Å². The second kappa shape index (κ2) is 5.73. The lowest BCUT2D eigenvalue weighted by molar-refractivity contribution is 0.200. The fourth-order valence-electron chi connectivity index (χ4n) is 4.71. The molecule has 2 aliphatic carbocycles. The number of nitrogens with zero attached hydrogens (tertiary/aromatic N) is 5. The Morgan fingerprint density at radius 2 is 2.17 bits per heavy atom. The Bertz CT molecular complexity index is 1260. The van der Waals surface area contributed by atoms with Crippen molar-refractivity contribution < 1.29 is 4.74 Å². The van der Waals surface area contributed by atoms with Crippen LogP contribution < -0.4 is 9.64 Å². The minimum absolute atomic E-state index is 0.0312. The number of anilines is 1. The van der Waals surface area contributed by atoms with E-state index in [0.717, 1.165) is 53.2 Å². The van der Waals surface area contributed by atoms with Crippen LogP contribution in [0.1, 0.15) is 19.8 Å². The molecule has 3 aliphatic rings. The van der Waals surface area contributed by atoms with Gasteiger partial charge in [0.1, 0.15) is 41.7 Å². The predicted molar refractivity (Wildman–Crippen MR) is 114 cm³/mol. The first-order valence-corrected chi connectivity index (χ1v) is 10.2. The Balaban J connectivity index is 1.32. The van der Waals surface area contributed by atoms with Gasteiger partial charge in [0.05, 0.1) is 17.1 Å². The third-order valence-electron chi connectivity index (χ3n) is 6.83. The molecule has 1 aliphatic heterocycles. The molecule has 0 spiro atoms. The van der Waals surface area contributed by atoms with Gasteiger partial charge in [0.15, 0.2) is 0 Å². The summed E-state index contributed by atoms with van der Waals surface area (Å²) in [6, 6.07) is 7.97. The maximum atomic E-state index is 6.13. The van der Waals surface area contributed by atoms with Crippen LogP contribution in [0.25, 0.3) is 27.1 Å². The molecule has 0 bridgehead atoms. The van der Waals surface area contributed by atoms with Gasteiger partial charge in [-0.05, 0) is 38.0 Å². The standard InChI is InChI=1S/C23H21N6O/c1-4-16-17-11-29(12-23(16,17)24-3)20-10-19(25-13-26-20)21-15-9-14(30-22(2)7-8-22)5-6-18(15)27-28-21/h1,3,5-6,9-10,13,16-17H,7-8,11-12H2,2H3,(H,27,28)/q+1/t16-,17-,23-/m0/s1. The Labute approximate surface area is 174 Å². The summed E-state index contributed by atoms with van der Waals surface area (Å²) in [7, 11) is 0. The van der Waals surface area contributed by atoms with Crippen LogP contribution in [0.4, 0.5) is 5.82 Å². The average Bonchev–Trinajstić information content (AvgIpc) is 3.49. The van der Waals surface area contributed by atoms with Crippen LogP contribution >= 0.6 is 0 Å². The summed E-state index contributed by atoms with van der Waals surface area (Å²) in [4.78, 5) is 15.3. The van der Waals surface area contributed by atoms with Crippen LogP contribution in [0.15, 0.2) is 30.6 Å². The third-order valence-corrected chi connectivity index (χ3v) is 6.83. The topological polar surface area (TPSA) is 71.3 Å². The van der Waals surface area contributed by atoms with Crippen molar-refractivity contribution >= 4 is 16.7 Å². The number of fused-ring (bicyclic) bond motifs is 2. The summed E-state index contributed by atoms with van der Waals surface area (Å²) in [5, 5.41) is 8.58. The molecule has 3 heterocycles. The van der Waals surface area contributed by atoms with Gasteiger partial charge < -0.3 is 9.64 Å². The molecular weight excluding hydrogens is 376 g/mol. The van der Waals surface area contributed by atoms with Crippen molar-refractivity contribution in [2.45, 2.75) is 30.9 Å². The highest BCUT2D eigenvalue weighted by Crippen LogP contribution is 2.58. The lowest BCUT2D eigenvalue weighted by Crippen LogP contribution is -2.29. The number of H-pyrrole nitrogens is 1. The number of aromatic nitrogens is 4. The van der Waals surface area contributed by atoms with E-state index in [0.29, 0.717) is 12.5 Å². The largest absolute Gasteiger partial charge is 0.488 e. The van der Waals surface area contributed by atoms with Gasteiger partial charge >= 0.3 is 5.54 Å². The maximum Gasteiger partial charge on any atom is 0.317 e. The van der Waals surface area contributed by atoms with E-state index in [1.807, 2.05) is 24.3 Å². The van der Waals surface area contributed by atoms with E-state index in [9.17, 15) is 0 Å². The SMILES string of the molecule is C#C[C@H]1[C@@H]2CN(c3cc(-c4n[nH]c5ccc(OC6(C)CC6)cc45)ncn3)C[C@]12[N+]#C. The zero-order chi connectivity index (χ0) is 20.5. The average molecular weight is 397 g/mol. The number of ether oxygens (including phenoxy) is 1. The Morgan fingerprint density at radius 3 is 2.90 bits per heavy atom. The van der Waals surface area contributed by atoms with Crippen molar-refractivity contribution in [2.75, 3.05) is 18.0 Å². The summed E-state index contributed by atoms with van der Waals surface area (Å²) in [5.74, 6) is 4.93. The van der Waals surface area contributed by atoms with Crippen molar-refractivity contribution in [2.24, 2.45) is 11.8 Å². The number of benzene rings is 1. The molecule has 7 heteroatoms. The van der Waals surface area contributed by atoms with Gasteiger partial charge in [0.2, 0.25) is 0 Å². The van der Waals surface area contributed by atoms with Gasteiger partial charge in [-0.1, -0.05) is 10.8 Å². The number of hydrogen-bond donors (Lipinski definition) is 1. The fourth-order valence-corrected chi connectivity index (χ4v) is 4.71. The molecule has 30 heavy (non-hydrogen) atoms. The van der Waals surface area contributed by atoms with Gasteiger partial charge in [0, 0.05) is 18.0 Å². The van der Waals surface area contributed by atoms with Crippen LogP contribution in [0, 0.1) is 30.8 Å². The Kier molecular flexibility index (Phi) is 3.30. The zero-order valence-corrected chi connectivity index (χ0v) is 16.7. The summed E-state index contributed by atoms with van der Waals surface area (Å²) >= 11 is 0. The first kappa shape index (κ1) is 17.3. The van der Waals surface area contributed by atoms with Crippen molar-refractivity contribution in [1.82, 2.24) is 20.2 Å². The van der Waals surface area contributed by atoms with Crippen LogP contribution in [-0.4, -0.2) is 44.4 Å². The van der Waals surface area contributed by atoms with Crippen LogP contribution in [0.5, 0.6) is 5.75 Å². The molecule has 0 unspecified atom stereocenters. The molecule has 3 fully saturated rings. The lowest BCUT2D eigenvalue weighted by Gasteiger charge is -2.18. The second-order valence-corrected chi connectivity index (χ2v) is 8.84. The summed E-state index contributed by atoms with van der Waals surface area (Å²) in [5.41, 5.74) is 2.12. The molecule has 3 atom stereocenters. The minimum Gasteiger partial charge on any atom is -0.488 e. The zero-order valence-electron chi connectivity index (χ0n) is 16.7. The molecule has 7 nitrogen and oxygen atoms in total. The number of terminal acetylenes is 1. The summed E-state index contributed by atoms with van der Waals surface area (Å²) in [6.45, 7) is 9.30. The second-order valence-electron chi connectivity index (χ2n) is 8.84. The fraction of sp³-hybridized carbons (Fsp3) is 0.391. The first-order chi connectivity index (χ1) is 14.5. The molecule has 1 aromatic carbocycles. The number of rotatable bonds is 4. The van der Waals surface area contributed by atoms with E-state index in [2.05, 4.69) is 42.8 Å². The number of nitrogens with one attached hydrogen (secondary N) is 1. The van der Waals surface area contributed by atoms with Crippen LogP contribution in [0.3, 0.4) is 0 Å². The van der Waals surface area contributed by atoms with E-state index in [-0.39, 0.29) is 17.1 Å². The van der Waals surface area contributed by atoms with Gasteiger partial charge in [-0.3, -0.25) is 5.10 Å². The smallest absolute Gasteiger partial charge is 0.317 e. The van der Waals surface area contributed by atoms with E-state index < -0.39 is 0 Å². The molecule has 6 rings (SSSR count). The number of aromatic amines is 1. The lowest BCUT2D eigenvalue weighted by atomic mass is 10.1. The predicted octanol–water partition coefficient (Wildman–Crippen LogP) is 3.35. The molecule has 1 N–H and O–H groups in total. The van der Waals surface area contributed by atoms with Gasteiger partial charge in [-0.25, -0.2) is 9.97 Å². The molecule has 2 saturated carbocycles. The highest BCUT2D eigenvalue weighted by molar-refractivity contribution is 5.93. The van der Waals surface area contributed by atoms with Crippen molar-refractivity contribution in [3.8, 4) is 36.1 Å². The van der Waals surface area contributed by atoms with Crippen LogP contribution in [-0.2, 0) is 0 Å². The summed E-state index contributed by atoms with van der Waals surface area (Å²) < 4.78 is 6.13. The third kappa shape index (κ3) is 2.42. The normalized spacial score (nSPS) is 27.9. The maximum absolute atomic E-state index is 6.13. The summed E-state index contributed by atoms with van der Waals surface area (Å²) in [6.07, 6.45) is 9.39. The Hall–Kier alpha value is -3.58. The quantitative estimate of drug-likeness (QED) is 0.684. The molecule has 3 aromatic rings. The van der Waals surface area contributed by atoms with Gasteiger partial charge in [-0.2, -0.15) is 5.10 Å². The highest BCUT2D eigenvalue weighted by atomic mass is 16.5. The first-order valence-electron chi connectivity index (χ1n) is 10.2. The van der Waals surface area contributed by atoms with E-state index in [4.69, 9.17) is 17.7 Å². The van der Waals surface area contributed by atoms with E-state index in [1.165, 1.54) is 0 Å². The van der Waals surface area contributed by atoms with E-state index in [1.54, 1.807) is 6.33 Å². The molecule has 148 valence electrons. The molecule has 0 radical (unpaired) electrons. The van der Waals surface area contributed by atoms with Gasteiger partial charge in [-0.15, -0.1) is 6.42 Å². The van der Waals surface area contributed by atoms with E-state index >= 15 is 0 Å². The number of hydrogen-bond acceptors (Lipinski definition) is 5. The molecule has 0 amide bonds. The molecular formula is C23H21N6O+. The van der Waals surface area contributed by atoms with Crippen molar-refractivity contribution in [3.05, 3.63) is 35.4 Å². The van der Waals surface area contributed by atoms with Crippen LogP contribution in [0.2, 0.25) is 0 Å². The number of piperidine rings is 1. The van der Waals surface area contributed by atoms with Crippen molar-refractivity contribution in [1.29, 1.82) is 0 Å². The van der Waals surface area contributed by atoms with Crippen molar-refractivity contribution in [3.63, 3.8) is 0 Å². The minimum atomic E-state index is -0.329.